The van der Waals surface area contributed by atoms with Crippen LogP contribution in [0.25, 0.3) is 0 Å². The summed E-state index contributed by atoms with van der Waals surface area (Å²) in [6.45, 7) is 4.50. The fourth-order valence-corrected chi connectivity index (χ4v) is 2.92. The number of halogens is 2. The molecule has 0 aliphatic heterocycles. The highest BCUT2D eigenvalue weighted by molar-refractivity contribution is 5.35. The third kappa shape index (κ3) is 4.21. The molecule has 0 radical (unpaired) electrons. The molecule has 0 aromatic heterocycles. The van der Waals surface area contributed by atoms with Crippen molar-refractivity contribution in [2.45, 2.75) is 39.5 Å². The molecule has 2 rings (SSSR count). The van der Waals surface area contributed by atoms with Gasteiger partial charge >= 0.3 is 0 Å². The molecular weight excluding hydrogens is 286 g/mol. The summed E-state index contributed by atoms with van der Waals surface area (Å²) in [5, 5.41) is 0. The van der Waals surface area contributed by atoms with Gasteiger partial charge in [0.25, 0.3) is 0 Å². The highest BCUT2D eigenvalue weighted by Gasteiger charge is 2.21. The van der Waals surface area contributed by atoms with Crippen LogP contribution in [0.5, 0.6) is 11.5 Å². The van der Waals surface area contributed by atoms with Gasteiger partial charge in [-0.3, -0.25) is 0 Å². The molecule has 1 fully saturated rings. The minimum absolute atomic E-state index is 0.0310. The van der Waals surface area contributed by atoms with Gasteiger partial charge in [0.2, 0.25) is 11.6 Å². The van der Waals surface area contributed by atoms with Crippen LogP contribution in [0, 0.1) is 23.5 Å². The Labute approximate surface area is 131 Å². The Kier molecular flexibility index (Phi) is 6.22. The quantitative estimate of drug-likeness (QED) is 0.679. The van der Waals surface area contributed by atoms with E-state index in [1.54, 1.807) is 6.92 Å². The van der Waals surface area contributed by atoms with Crippen LogP contribution in [0.3, 0.4) is 0 Å². The maximum atomic E-state index is 13.9. The minimum Gasteiger partial charge on any atom is -0.491 e. The van der Waals surface area contributed by atoms with Crippen LogP contribution in [0.15, 0.2) is 24.3 Å². The van der Waals surface area contributed by atoms with Crippen LogP contribution in [0.2, 0.25) is 0 Å². The highest BCUT2D eigenvalue weighted by atomic mass is 19.2. The summed E-state index contributed by atoms with van der Waals surface area (Å²) >= 11 is 0. The van der Waals surface area contributed by atoms with Gasteiger partial charge in [-0.1, -0.05) is 12.2 Å². The van der Waals surface area contributed by atoms with E-state index < -0.39 is 11.6 Å². The molecule has 1 aliphatic carbocycles. The molecule has 1 aromatic carbocycles. The smallest absolute Gasteiger partial charge is 0.204 e. The fraction of sp³-hybridized carbons (Fsp3) is 0.556. The summed E-state index contributed by atoms with van der Waals surface area (Å²) in [6, 6.07) is 2.86. The Balaban J connectivity index is 1.88. The van der Waals surface area contributed by atoms with Gasteiger partial charge in [0.05, 0.1) is 13.2 Å². The molecule has 1 aliphatic rings. The van der Waals surface area contributed by atoms with Gasteiger partial charge in [-0.25, -0.2) is 0 Å². The SMILES string of the molecule is CC=CC1CCC(COc2ccc(OCC)c(F)c2F)CC1. The minimum atomic E-state index is -0.976. The van der Waals surface area contributed by atoms with Crippen LogP contribution in [0.4, 0.5) is 8.78 Å². The molecule has 0 bridgehead atoms. The standard InChI is InChI=1S/C18H24F2O2/c1-3-5-13-6-8-14(9-7-13)12-22-16-11-10-15(21-4-2)17(19)18(16)20/h3,5,10-11,13-14H,4,6-9,12H2,1-2H3. The molecule has 0 N–H and O–H groups in total. The molecule has 2 nitrogen and oxygen atoms in total. The van der Waals surface area contributed by atoms with Crippen LogP contribution < -0.4 is 9.47 Å². The number of hydrogen-bond acceptors (Lipinski definition) is 2. The Bertz CT molecular complexity index is 506. The summed E-state index contributed by atoms with van der Waals surface area (Å²) in [6.07, 6.45) is 8.75. The van der Waals surface area contributed by atoms with Gasteiger partial charge in [-0.2, -0.15) is 8.78 Å². The first-order valence-corrected chi connectivity index (χ1v) is 8.02. The van der Waals surface area contributed by atoms with Crippen LogP contribution >= 0.6 is 0 Å². The van der Waals surface area contributed by atoms with Crippen LogP contribution in [-0.4, -0.2) is 13.2 Å². The van der Waals surface area contributed by atoms with E-state index in [4.69, 9.17) is 9.47 Å². The van der Waals surface area contributed by atoms with Crippen molar-refractivity contribution in [2.24, 2.45) is 11.8 Å². The van der Waals surface area contributed by atoms with Crippen LogP contribution in [-0.2, 0) is 0 Å². The van der Waals surface area contributed by atoms with Crippen molar-refractivity contribution in [1.82, 2.24) is 0 Å². The third-order valence-electron chi connectivity index (χ3n) is 4.14. The van der Waals surface area contributed by atoms with Gasteiger partial charge in [0, 0.05) is 0 Å². The highest BCUT2D eigenvalue weighted by Crippen LogP contribution is 2.32. The maximum Gasteiger partial charge on any atom is 0.204 e. The zero-order chi connectivity index (χ0) is 15.9. The largest absolute Gasteiger partial charge is 0.491 e. The lowest BCUT2D eigenvalue weighted by atomic mass is 9.82. The van der Waals surface area contributed by atoms with Gasteiger partial charge in [0.1, 0.15) is 0 Å². The first kappa shape index (κ1) is 16.8. The zero-order valence-corrected chi connectivity index (χ0v) is 13.3. The van der Waals surface area contributed by atoms with Crippen molar-refractivity contribution in [1.29, 1.82) is 0 Å². The second-order valence-corrected chi connectivity index (χ2v) is 5.74. The van der Waals surface area contributed by atoms with E-state index in [-0.39, 0.29) is 11.5 Å². The van der Waals surface area contributed by atoms with Gasteiger partial charge in [-0.05, 0) is 63.5 Å². The van der Waals surface area contributed by atoms with Crippen molar-refractivity contribution in [2.75, 3.05) is 13.2 Å². The van der Waals surface area contributed by atoms with Crippen LogP contribution in [0.1, 0.15) is 39.5 Å². The van der Waals surface area contributed by atoms with E-state index in [0.29, 0.717) is 25.0 Å². The molecule has 22 heavy (non-hydrogen) atoms. The van der Waals surface area contributed by atoms with Gasteiger partial charge < -0.3 is 9.47 Å². The van der Waals surface area contributed by atoms with E-state index >= 15 is 0 Å². The molecule has 0 amide bonds. The fourth-order valence-electron chi connectivity index (χ4n) is 2.92. The maximum absolute atomic E-state index is 13.9. The van der Waals surface area contributed by atoms with E-state index in [1.807, 2.05) is 6.92 Å². The van der Waals surface area contributed by atoms with E-state index in [2.05, 4.69) is 12.2 Å². The topological polar surface area (TPSA) is 18.5 Å². The van der Waals surface area contributed by atoms with E-state index in [9.17, 15) is 8.78 Å². The molecule has 4 heteroatoms. The second-order valence-electron chi connectivity index (χ2n) is 5.74. The Morgan fingerprint density at radius 1 is 1.05 bits per heavy atom. The molecule has 1 saturated carbocycles. The van der Waals surface area contributed by atoms with Crippen molar-refractivity contribution < 1.29 is 18.3 Å². The predicted molar refractivity (Wildman–Crippen MR) is 83.3 cm³/mol. The number of allylic oxidation sites excluding steroid dienone is 2. The average Bonchev–Trinajstić information content (AvgIpc) is 2.53. The first-order chi connectivity index (χ1) is 10.7. The van der Waals surface area contributed by atoms with Crippen molar-refractivity contribution in [3.05, 3.63) is 35.9 Å². The summed E-state index contributed by atoms with van der Waals surface area (Å²) in [5.41, 5.74) is 0. The van der Waals surface area contributed by atoms with Gasteiger partial charge in [-0.15, -0.1) is 0 Å². The second kappa shape index (κ2) is 8.16. The molecule has 0 saturated heterocycles. The monoisotopic (exact) mass is 310 g/mol. The molecule has 0 unspecified atom stereocenters. The first-order valence-electron chi connectivity index (χ1n) is 8.02. The summed E-state index contributed by atoms with van der Waals surface area (Å²) < 4.78 is 38.2. The molecule has 0 atom stereocenters. The lowest BCUT2D eigenvalue weighted by Crippen LogP contribution is -2.19. The number of rotatable bonds is 6. The molecule has 122 valence electrons. The lowest BCUT2D eigenvalue weighted by molar-refractivity contribution is 0.187. The average molecular weight is 310 g/mol. The van der Waals surface area contributed by atoms with Gasteiger partial charge in [0.15, 0.2) is 11.5 Å². The van der Waals surface area contributed by atoms with E-state index in [0.717, 1.165) is 25.7 Å². The Morgan fingerprint density at radius 2 is 1.64 bits per heavy atom. The predicted octanol–water partition coefficient (Wildman–Crippen LogP) is 5.12. The normalized spacial score (nSPS) is 22.0. The molecular formula is C18H24F2O2. The molecule has 0 spiro atoms. The Hall–Kier alpha value is -1.58. The van der Waals surface area contributed by atoms with Crippen molar-refractivity contribution >= 4 is 0 Å². The molecule has 0 heterocycles. The number of ether oxygens (including phenoxy) is 2. The lowest BCUT2D eigenvalue weighted by Gasteiger charge is -2.26. The summed E-state index contributed by atoms with van der Waals surface area (Å²) in [4.78, 5) is 0. The van der Waals surface area contributed by atoms with Crippen molar-refractivity contribution in [3.8, 4) is 11.5 Å². The third-order valence-corrected chi connectivity index (χ3v) is 4.14. The zero-order valence-electron chi connectivity index (χ0n) is 13.3. The van der Waals surface area contributed by atoms with E-state index in [1.165, 1.54) is 12.1 Å². The molecule has 1 aromatic rings. The summed E-state index contributed by atoms with van der Waals surface area (Å²) in [7, 11) is 0. The summed E-state index contributed by atoms with van der Waals surface area (Å²) in [5.74, 6) is -0.975. The number of benzene rings is 1. The number of hydrogen-bond donors (Lipinski definition) is 0. The van der Waals surface area contributed by atoms with Crippen molar-refractivity contribution in [3.63, 3.8) is 0 Å². The Morgan fingerprint density at radius 3 is 2.18 bits per heavy atom.